The average molecular weight is 326 g/mol. The smallest absolute Gasteiger partial charge is 0.255 e. The molecule has 0 fully saturated rings. The summed E-state index contributed by atoms with van der Waals surface area (Å²) in [5.74, 6) is 0.440. The summed E-state index contributed by atoms with van der Waals surface area (Å²) in [6, 6.07) is 10.2. The molecule has 0 saturated heterocycles. The molecule has 1 aromatic carbocycles. The van der Waals surface area contributed by atoms with Crippen LogP contribution in [-0.4, -0.2) is 48.8 Å². The molecule has 2 aromatic rings. The molecule has 2 N–H and O–H groups in total. The third kappa shape index (κ3) is 5.17. The van der Waals surface area contributed by atoms with Crippen molar-refractivity contribution < 1.29 is 9.59 Å². The molecule has 0 aliphatic carbocycles. The number of rotatable bonds is 7. The molecule has 1 amide bonds. The van der Waals surface area contributed by atoms with Gasteiger partial charge in [-0.3, -0.25) is 9.59 Å². The molecule has 0 bridgehead atoms. The molecule has 1 aromatic heterocycles. The van der Waals surface area contributed by atoms with E-state index in [0.717, 1.165) is 13.1 Å². The second-order valence-corrected chi connectivity index (χ2v) is 5.75. The van der Waals surface area contributed by atoms with Crippen LogP contribution in [0.3, 0.4) is 0 Å². The van der Waals surface area contributed by atoms with Crippen LogP contribution >= 0.6 is 0 Å². The van der Waals surface area contributed by atoms with E-state index in [1.54, 1.807) is 42.6 Å². The number of hydrogen-bond donors (Lipinski definition) is 2. The zero-order valence-electron chi connectivity index (χ0n) is 14.2. The highest BCUT2D eigenvalue weighted by Gasteiger charge is 2.08. The van der Waals surface area contributed by atoms with Crippen molar-refractivity contribution in [3.05, 3.63) is 53.7 Å². The zero-order chi connectivity index (χ0) is 17.5. The van der Waals surface area contributed by atoms with Crippen LogP contribution in [-0.2, 0) is 0 Å². The second kappa shape index (κ2) is 8.21. The number of aromatic nitrogens is 1. The maximum absolute atomic E-state index is 12.3. The van der Waals surface area contributed by atoms with Gasteiger partial charge in [0.2, 0.25) is 0 Å². The molecule has 24 heavy (non-hydrogen) atoms. The molecule has 0 aliphatic rings. The minimum Gasteiger partial charge on any atom is -0.369 e. The Morgan fingerprint density at radius 3 is 2.42 bits per heavy atom. The van der Waals surface area contributed by atoms with Gasteiger partial charge in [-0.05, 0) is 57.4 Å². The summed E-state index contributed by atoms with van der Waals surface area (Å²) >= 11 is 0. The summed E-state index contributed by atoms with van der Waals surface area (Å²) in [4.78, 5) is 29.9. The van der Waals surface area contributed by atoms with Crippen molar-refractivity contribution in [3.63, 3.8) is 0 Å². The molecule has 0 radical (unpaired) electrons. The van der Waals surface area contributed by atoms with E-state index in [1.807, 2.05) is 14.1 Å². The third-order valence-corrected chi connectivity index (χ3v) is 3.44. The maximum atomic E-state index is 12.3. The predicted octanol–water partition coefficient (Wildman–Crippen LogP) is 2.51. The van der Waals surface area contributed by atoms with E-state index < -0.39 is 0 Å². The number of carbonyl (C=O) groups is 2. The minimum absolute atomic E-state index is 0.00421. The Kier molecular flexibility index (Phi) is 6.03. The fourth-order valence-electron chi connectivity index (χ4n) is 2.07. The molecular weight excluding hydrogens is 304 g/mol. The first kappa shape index (κ1) is 17.6. The lowest BCUT2D eigenvalue weighted by atomic mass is 10.1. The summed E-state index contributed by atoms with van der Waals surface area (Å²) in [5.41, 5.74) is 1.78. The number of Topliss-reactive ketones (excluding diaryl/α,β-unsaturated/α-hetero) is 1. The van der Waals surface area contributed by atoms with Crippen LogP contribution in [0.1, 0.15) is 27.6 Å². The van der Waals surface area contributed by atoms with Crippen LogP contribution in [0.4, 0.5) is 11.5 Å². The Morgan fingerprint density at radius 2 is 1.79 bits per heavy atom. The van der Waals surface area contributed by atoms with Gasteiger partial charge in [0.15, 0.2) is 5.78 Å². The van der Waals surface area contributed by atoms with E-state index in [9.17, 15) is 9.59 Å². The Bertz CT molecular complexity index is 711. The Labute approximate surface area is 141 Å². The molecule has 126 valence electrons. The van der Waals surface area contributed by atoms with Crippen molar-refractivity contribution >= 4 is 23.2 Å². The lowest BCUT2D eigenvalue weighted by Crippen LogP contribution is -2.21. The fourth-order valence-corrected chi connectivity index (χ4v) is 2.07. The van der Waals surface area contributed by atoms with E-state index in [0.29, 0.717) is 22.6 Å². The van der Waals surface area contributed by atoms with Crippen molar-refractivity contribution in [2.45, 2.75) is 6.92 Å². The lowest BCUT2D eigenvalue weighted by Gasteiger charge is -2.11. The normalized spacial score (nSPS) is 10.5. The standard InChI is InChI=1S/C18H22N4O2/c1-13(23)14-4-6-16(7-5-14)21-18(24)15-8-9-19-17(12-15)20-10-11-22(2)3/h4-9,12H,10-11H2,1-3H3,(H,19,20)(H,21,24). The summed E-state index contributed by atoms with van der Waals surface area (Å²) in [7, 11) is 3.99. The van der Waals surface area contributed by atoms with Gasteiger partial charge in [-0.25, -0.2) is 4.98 Å². The van der Waals surface area contributed by atoms with Gasteiger partial charge in [-0.15, -0.1) is 0 Å². The number of carbonyl (C=O) groups excluding carboxylic acids is 2. The van der Waals surface area contributed by atoms with Crippen LogP contribution in [0, 0.1) is 0 Å². The Balaban J connectivity index is 2.00. The minimum atomic E-state index is -0.219. The number of benzene rings is 1. The number of pyridine rings is 1. The summed E-state index contributed by atoms with van der Waals surface area (Å²) in [6.07, 6.45) is 1.60. The number of likely N-dealkylation sites (N-methyl/N-ethyl adjacent to an activating group) is 1. The first-order valence-corrected chi connectivity index (χ1v) is 7.72. The van der Waals surface area contributed by atoms with Gasteiger partial charge in [0.05, 0.1) is 0 Å². The lowest BCUT2D eigenvalue weighted by molar-refractivity contribution is 0.101. The van der Waals surface area contributed by atoms with Crippen molar-refractivity contribution in [1.29, 1.82) is 0 Å². The number of amides is 1. The van der Waals surface area contributed by atoms with E-state index in [2.05, 4.69) is 20.5 Å². The number of nitrogens with one attached hydrogen (secondary N) is 2. The van der Waals surface area contributed by atoms with Crippen LogP contribution in [0.5, 0.6) is 0 Å². The number of ketones is 1. The molecular formula is C18H22N4O2. The van der Waals surface area contributed by atoms with Gasteiger partial charge in [-0.2, -0.15) is 0 Å². The van der Waals surface area contributed by atoms with E-state index in [1.165, 1.54) is 6.92 Å². The maximum Gasteiger partial charge on any atom is 0.255 e. The number of nitrogens with zero attached hydrogens (tertiary/aromatic N) is 2. The zero-order valence-corrected chi connectivity index (χ0v) is 14.2. The quantitative estimate of drug-likeness (QED) is 0.765. The summed E-state index contributed by atoms with van der Waals surface area (Å²) in [5, 5.41) is 6.00. The molecule has 0 atom stereocenters. The van der Waals surface area contributed by atoms with E-state index >= 15 is 0 Å². The first-order chi connectivity index (χ1) is 11.5. The number of anilines is 2. The molecule has 6 nitrogen and oxygen atoms in total. The van der Waals surface area contributed by atoms with Crippen molar-refractivity contribution in [2.75, 3.05) is 37.8 Å². The molecule has 0 aliphatic heterocycles. The van der Waals surface area contributed by atoms with Gasteiger partial charge in [0, 0.05) is 36.1 Å². The topological polar surface area (TPSA) is 74.3 Å². The molecule has 2 rings (SSSR count). The summed E-state index contributed by atoms with van der Waals surface area (Å²) in [6.45, 7) is 3.13. The average Bonchev–Trinajstić information content (AvgIpc) is 2.55. The van der Waals surface area contributed by atoms with Crippen molar-refractivity contribution in [3.8, 4) is 0 Å². The predicted molar refractivity (Wildman–Crippen MR) is 95.7 cm³/mol. The van der Waals surface area contributed by atoms with Gasteiger partial charge in [-0.1, -0.05) is 0 Å². The van der Waals surface area contributed by atoms with E-state index in [-0.39, 0.29) is 11.7 Å². The van der Waals surface area contributed by atoms with Crippen molar-refractivity contribution in [1.82, 2.24) is 9.88 Å². The Hall–Kier alpha value is -2.73. The molecule has 0 spiro atoms. The van der Waals surface area contributed by atoms with Crippen LogP contribution in [0.2, 0.25) is 0 Å². The third-order valence-electron chi connectivity index (χ3n) is 3.44. The molecule has 6 heteroatoms. The highest BCUT2D eigenvalue weighted by molar-refractivity contribution is 6.05. The summed E-state index contributed by atoms with van der Waals surface area (Å²) < 4.78 is 0. The highest BCUT2D eigenvalue weighted by Crippen LogP contribution is 2.13. The molecule has 0 saturated carbocycles. The first-order valence-electron chi connectivity index (χ1n) is 7.72. The van der Waals surface area contributed by atoms with Crippen LogP contribution < -0.4 is 10.6 Å². The monoisotopic (exact) mass is 326 g/mol. The SMILES string of the molecule is CC(=O)c1ccc(NC(=O)c2ccnc(NCCN(C)C)c2)cc1. The Morgan fingerprint density at radius 1 is 1.08 bits per heavy atom. The fraction of sp³-hybridized carbons (Fsp3) is 0.278. The van der Waals surface area contributed by atoms with Crippen LogP contribution in [0.25, 0.3) is 0 Å². The number of hydrogen-bond acceptors (Lipinski definition) is 5. The second-order valence-electron chi connectivity index (χ2n) is 5.75. The molecule has 0 unspecified atom stereocenters. The van der Waals surface area contributed by atoms with Gasteiger partial charge in [0.25, 0.3) is 5.91 Å². The molecule has 1 heterocycles. The van der Waals surface area contributed by atoms with Crippen molar-refractivity contribution in [2.24, 2.45) is 0 Å². The largest absolute Gasteiger partial charge is 0.369 e. The van der Waals surface area contributed by atoms with E-state index in [4.69, 9.17) is 0 Å². The van der Waals surface area contributed by atoms with Gasteiger partial charge in [0.1, 0.15) is 5.82 Å². The van der Waals surface area contributed by atoms with Gasteiger partial charge >= 0.3 is 0 Å². The van der Waals surface area contributed by atoms with Crippen LogP contribution in [0.15, 0.2) is 42.6 Å². The van der Waals surface area contributed by atoms with Gasteiger partial charge < -0.3 is 15.5 Å². The highest BCUT2D eigenvalue weighted by atomic mass is 16.1.